The summed E-state index contributed by atoms with van der Waals surface area (Å²) in [4.78, 5) is 23.4. The van der Waals surface area contributed by atoms with Crippen molar-refractivity contribution in [1.29, 1.82) is 0 Å². The van der Waals surface area contributed by atoms with Crippen molar-refractivity contribution in [2.45, 2.75) is 46.8 Å². The Hall–Kier alpha value is -1.10. The molecule has 144 valence electrons. The van der Waals surface area contributed by atoms with E-state index < -0.39 is 5.60 Å². The predicted octanol–water partition coefficient (Wildman–Crippen LogP) is 2.99. The third-order valence-electron chi connectivity index (χ3n) is 2.83. The zero-order valence-electron chi connectivity index (χ0n) is 15.9. The Labute approximate surface area is 171 Å². The number of halogens is 1. The number of aliphatic imine (C=N–C) groups is 1. The van der Waals surface area contributed by atoms with Crippen LogP contribution in [0.25, 0.3) is 0 Å². The van der Waals surface area contributed by atoms with Crippen LogP contribution in [-0.4, -0.2) is 54.2 Å². The maximum absolute atomic E-state index is 11.9. The summed E-state index contributed by atoms with van der Waals surface area (Å²) in [5.41, 5.74) is -0.485. The zero-order chi connectivity index (χ0) is 18.2. The molecule has 1 aromatic heterocycles. The summed E-state index contributed by atoms with van der Waals surface area (Å²) >= 11 is 1.64. The number of guanidine groups is 1. The third-order valence-corrected chi connectivity index (χ3v) is 3.73. The number of ether oxygens (including phenoxy) is 1. The van der Waals surface area contributed by atoms with Gasteiger partial charge in [-0.05, 0) is 34.6 Å². The van der Waals surface area contributed by atoms with Crippen molar-refractivity contribution in [2.24, 2.45) is 4.99 Å². The molecule has 0 saturated carbocycles. The first kappa shape index (κ1) is 23.9. The number of rotatable bonds is 6. The molecule has 0 unspecified atom stereocenters. The Kier molecular flexibility index (Phi) is 11.0. The summed E-state index contributed by atoms with van der Waals surface area (Å²) in [6.45, 7) is 12.0. The molecule has 0 aliphatic carbocycles. The van der Waals surface area contributed by atoms with E-state index in [-0.39, 0.29) is 30.1 Å². The zero-order valence-corrected chi connectivity index (χ0v) is 19.0. The second-order valence-electron chi connectivity index (χ2n) is 6.39. The fraction of sp³-hybridized carbons (Fsp3) is 0.688. The molecule has 1 rings (SSSR count). The van der Waals surface area contributed by atoms with Gasteiger partial charge in [-0.2, -0.15) is 0 Å². The van der Waals surface area contributed by atoms with Crippen molar-refractivity contribution in [2.75, 3.05) is 26.7 Å². The van der Waals surface area contributed by atoms with Crippen LogP contribution in [0.2, 0.25) is 0 Å². The quantitative estimate of drug-likeness (QED) is 0.370. The van der Waals surface area contributed by atoms with Gasteiger partial charge in [0.2, 0.25) is 0 Å². The van der Waals surface area contributed by atoms with Crippen LogP contribution in [0.4, 0.5) is 4.79 Å². The summed E-state index contributed by atoms with van der Waals surface area (Å²) in [5.74, 6) is 0.711. The monoisotopic (exact) mass is 483 g/mol. The second-order valence-corrected chi connectivity index (χ2v) is 7.71. The number of likely N-dealkylation sites (N-methyl/N-ethyl adjacent to an activating group) is 1. The molecule has 0 radical (unpaired) electrons. The summed E-state index contributed by atoms with van der Waals surface area (Å²) in [7, 11) is 1.72. The lowest BCUT2D eigenvalue weighted by Crippen LogP contribution is -2.43. The van der Waals surface area contributed by atoms with Gasteiger partial charge in [0.1, 0.15) is 10.6 Å². The van der Waals surface area contributed by atoms with Crippen molar-refractivity contribution in [3.63, 3.8) is 0 Å². The highest BCUT2D eigenvalue weighted by atomic mass is 127. The molecule has 0 atom stereocenters. The third kappa shape index (κ3) is 10.5. The fourth-order valence-corrected chi connectivity index (χ4v) is 2.45. The molecule has 9 heteroatoms. The number of hydrogen-bond donors (Lipinski definition) is 2. The highest BCUT2D eigenvalue weighted by Gasteiger charge is 2.19. The van der Waals surface area contributed by atoms with Crippen molar-refractivity contribution in [1.82, 2.24) is 20.5 Å². The van der Waals surface area contributed by atoms with Crippen molar-refractivity contribution >= 4 is 47.4 Å². The molecule has 1 heterocycles. The van der Waals surface area contributed by atoms with Gasteiger partial charge < -0.3 is 20.3 Å². The van der Waals surface area contributed by atoms with E-state index in [1.54, 1.807) is 23.3 Å². The number of amides is 1. The minimum Gasteiger partial charge on any atom is -0.444 e. The number of thiazole rings is 1. The van der Waals surface area contributed by atoms with Gasteiger partial charge in [0.15, 0.2) is 5.96 Å². The van der Waals surface area contributed by atoms with Gasteiger partial charge >= 0.3 is 6.09 Å². The molecule has 0 aliphatic heterocycles. The molecule has 1 amide bonds. The van der Waals surface area contributed by atoms with Crippen molar-refractivity contribution < 1.29 is 9.53 Å². The smallest absolute Gasteiger partial charge is 0.410 e. The predicted molar refractivity (Wildman–Crippen MR) is 114 cm³/mol. The van der Waals surface area contributed by atoms with E-state index in [0.717, 1.165) is 11.6 Å². The van der Waals surface area contributed by atoms with Gasteiger partial charge in [-0.3, -0.25) is 0 Å². The van der Waals surface area contributed by atoms with Crippen molar-refractivity contribution in [3.05, 3.63) is 16.1 Å². The van der Waals surface area contributed by atoms with Crippen LogP contribution in [0, 0.1) is 6.92 Å². The molecule has 25 heavy (non-hydrogen) atoms. The van der Waals surface area contributed by atoms with Gasteiger partial charge in [0.05, 0.1) is 6.54 Å². The lowest BCUT2D eigenvalue weighted by atomic mass is 10.2. The number of aryl methyl sites for hydroxylation is 1. The molecule has 2 N–H and O–H groups in total. The van der Waals surface area contributed by atoms with Crippen LogP contribution in [0.1, 0.15) is 37.6 Å². The molecule has 0 spiro atoms. The van der Waals surface area contributed by atoms with Gasteiger partial charge in [-0.25, -0.2) is 14.8 Å². The SMILES string of the molecule is CCNC(=NCc1ncc(C)s1)NCCN(C)C(=O)OC(C)(C)C.I. The van der Waals surface area contributed by atoms with E-state index in [9.17, 15) is 4.79 Å². The van der Waals surface area contributed by atoms with Crippen LogP contribution >= 0.6 is 35.3 Å². The Morgan fingerprint density at radius 2 is 2.08 bits per heavy atom. The Morgan fingerprint density at radius 3 is 2.60 bits per heavy atom. The Morgan fingerprint density at radius 1 is 1.40 bits per heavy atom. The summed E-state index contributed by atoms with van der Waals surface area (Å²) in [6, 6.07) is 0. The normalized spacial score (nSPS) is 11.5. The van der Waals surface area contributed by atoms with E-state index in [2.05, 4.69) is 20.6 Å². The molecular weight excluding hydrogens is 453 g/mol. The first-order valence-corrected chi connectivity index (χ1v) is 8.90. The summed E-state index contributed by atoms with van der Waals surface area (Å²) in [6.07, 6.45) is 1.52. The number of carbonyl (C=O) groups is 1. The van der Waals surface area contributed by atoms with E-state index >= 15 is 0 Å². The van der Waals surface area contributed by atoms with Gasteiger partial charge in [0, 0.05) is 37.8 Å². The lowest BCUT2D eigenvalue weighted by molar-refractivity contribution is 0.0302. The van der Waals surface area contributed by atoms with Crippen LogP contribution in [0.3, 0.4) is 0 Å². The molecule has 1 aromatic rings. The fourth-order valence-electron chi connectivity index (χ4n) is 1.74. The van der Waals surface area contributed by atoms with E-state index in [0.29, 0.717) is 25.6 Å². The Bertz CT molecular complexity index is 557. The van der Waals surface area contributed by atoms with Crippen LogP contribution < -0.4 is 10.6 Å². The molecule has 0 saturated heterocycles. The maximum atomic E-state index is 11.9. The number of carbonyl (C=O) groups excluding carboxylic acids is 1. The number of hydrogen-bond acceptors (Lipinski definition) is 5. The largest absolute Gasteiger partial charge is 0.444 e. The van der Waals surface area contributed by atoms with Gasteiger partial charge in [-0.1, -0.05) is 0 Å². The molecular formula is C16H30IN5O2S. The van der Waals surface area contributed by atoms with E-state index in [1.807, 2.05) is 40.8 Å². The van der Waals surface area contributed by atoms with Crippen LogP contribution in [-0.2, 0) is 11.3 Å². The van der Waals surface area contributed by atoms with Crippen LogP contribution in [0.5, 0.6) is 0 Å². The molecule has 0 fully saturated rings. The van der Waals surface area contributed by atoms with E-state index in [4.69, 9.17) is 4.74 Å². The number of nitrogens with zero attached hydrogens (tertiary/aromatic N) is 3. The van der Waals surface area contributed by atoms with Crippen LogP contribution in [0.15, 0.2) is 11.2 Å². The number of nitrogens with one attached hydrogen (secondary N) is 2. The standard InChI is InChI=1S/C16H29N5O2S.HI/c1-7-17-14(20-11-13-19-10-12(2)24-13)18-8-9-21(6)15(22)23-16(3,4)5;/h10H,7-9,11H2,1-6H3,(H2,17,18,20);1H. The topological polar surface area (TPSA) is 78.9 Å². The molecule has 0 bridgehead atoms. The minimum absolute atomic E-state index is 0. The first-order valence-electron chi connectivity index (χ1n) is 8.09. The summed E-state index contributed by atoms with van der Waals surface area (Å²) in [5, 5.41) is 7.38. The lowest BCUT2D eigenvalue weighted by Gasteiger charge is -2.24. The highest BCUT2D eigenvalue weighted by molar-refractivity contribution is 14.0. The Balaban J connectivity index is 0.00000576. The number of aromatic nitrogens is 1. The minimum atomic E-state index is -0.485. The van der Waals surface area contributed by atoms with Gasteiger partial charge in [0.25, 0.3) is 0 Å². The molecule has 0 aliphatic rings. The summed E-state index contributed by atoms with van der Waals surface area (Å²) < 4.78 is 5.32. The molecule has 0 aromatic carbocycles. The average Bonchev–Trinajstić information content (AvgIpc) is 2.88. The highest BCUT2D eigenvalue weighted by Crippen LogP contribution is 2.11. The van der Waals surface area contributed by atoms with E-state index in [1.165, 1.54) is 4.88 Å². The molecule has 7 nitrogen and oxygen atoms in total. The van der Waals surface area contributed by atoms with Crippen molar-refractivity contribution in [3.8, 4) is 0 Å². The first-order chi connectivity index (χ1) is 11.2. The van der Waals surface area contributed by atoms with Gasteiger partial charge in [-0.15, -0.1) is 35.3 Å². The average molecular weight is 483 g/mol. The maximum Gasteiger partial charge on any atom is 0.410 e. The second kappa shape index (κ2) is 11.5.